The summed E-state index contributed by atoms with van der Waals surface area (Å²) in [5, 5.41) is 3.72. The van der Waals surface area contributed by atoms with Gasteiger partial charge in [0.05, 0.1) is 0 Å². The van der Waals surface area contributed by atoms with Gasteiger partial charge >= 0.3 is 0 Å². The van der Waals surface area contributed by atoms with Crippen LogP contribution >= 0.6 is 0 Å². The van der Waals surface area contributed by atoms with Gasteiger partial charge in [-0.1, -0.05) is 18.2 Å². The lowest BCUT2D eigenvalue weighted by atomic mass is 9.95. The fourth-order valence-corrected chi connectivity index (χ4v) is 4.04. The van der Waals surface area contributed by atoms with E-state index in [1.54, 1.807) is 35.2 Å². The molecule has 2 aliphatic heterocycles. The van der Waals surface area contributed by atoms with E-state index in [9.17, 15) is 14.4 Å². The summed E-state index contributed by atoms with van der Waals surface area (Å²) in [4.78, 5) is 42.4. The first kappa shape index (κ1) is 19.2. The summed E-state index contributed by atoms with van der Waals surface area (Å²) in [7, 11) is 0. The highest BCUT2D eigenvalue weighted by Gasteiger charge is 2.29. The SMILES string of the molecule is O=C(Nc1ccc2c(c1)OCO2)C1CCN(C(=O)c2cc3ccccc3[nH]c2=O)CC1. The number of nitrogens with zero attached hydrogens (tertiary/aromatic N) is 1. The predicted molar refractivity (Wildman–Crippen MR) is 114 cm³/mol. The minimum atomic E-state index is -0.397. The number of rotatable bonds is 3. The second-order valence-electron chi connectivity index (χ2n) is 7.72. The van der Waals surface area contributed by atoms with E-state index < -0.39 is 5.56 Å². The van der Waals surface area contributed by atoms with Gasteiger partial charge in [-0.3, -0.25) is 14.4 Å². The molecule has 2 aliphatic rings. The second-order valence-corrected chi connectivity index (χ2v) is 7.72. The lowest BCUT2D eigenvalue weighted by molar-refractivity contribution is -0.121. The molecular weight excluding hydrogens is 398 g/mol. The van der Waals surface area contributed by atoms with Crippen LogP contribution in [-0.2, 0) is 4.79 Å². The fraction of sp³-hybridized carbons (Fsp3) is 0.261. The lowest BCUT2D eigenvalue weighted by Crippen LogP contribution is -2.43. The van der Waals surface area contributed by atoms with E-state index in [0.29, 0.717) is 48.6 Å². The Bertz CT molecular complexity index is 1230. The molecule has 0 aliphatic carbocycles. The predicted octanol–water partition coefficient (Wildman–Crippen LogP) is 2.75. The molecule has 2 aromatic carbocycles. The van der Waals surface area contributed by atoms with Gasteiger partial charge in [0.15, 0.2) is 11.5 Å². The number of fused-ring (bicyclic) bond motifs is 2. The van der Waals surface area contributed by atoms with Crippen molar-refractivity contribution in [2.24, 2.45) is 5.92 Å². The Morgan fingerprint density at radius 1 is 1.00 bits per heavy atom. The Labute approximate surface area is 177 Å². The Hall–Kier alpha value is -3.81. The summed E-state index contributed by atoms with van der Waals surface area (Å²) in [6.07, 6.45) is 1.07. The number of aromatic amines is 1. The first-order valence-electron chi connectivity index (χ1n) is 10.2. The molecule has 158 valence electrons. The smallest absolute Gasteiger partial charge is 0.261 e. The van der Waals surface area contributed by atoms with Crippen LogP contribution in [0, 0.1) is 5.92 Å². The molecule has 0 spiro atoms. The molecule has 1 aromatic heterocycles. The zero-order valence-electron chi connectivity index (χ0n) is 16.7. The number of hydrogen-bond acceptors (Lipinski definition) is 5. The van der Waals surface area contributed by atoms with Crippen molar-refractivity contribution in [2.75, 3.05) is 25.2 Å². The van der Waals surface area contributed by atoms with Gasteiger partial charge in [-0.25, -0.2) is 0 Å². The van der Waals surface area contributed by atoms with Crippen molar-refractivity contribution in [2.45, 2.75) is 12.8 Å². The molecule has 0 saturated carbocycles. The van der Waals surface area contributed by atoms with Crippen LogP contribution in [0.1, 0.15) is 23.2 Å². The number of ether oxygens (including phenoxy) is 2. The van der Waals surface area contributed by atoms with E-state index in [2.05, 4.69) is 10.3 Å². The van der Waals surface area contributed by atoms with Gasteiger partial charge < -0.3 is 24.7 Å². The largest absolute Gasteiger partial charge is 0.454 e. The molecule has 31 heavy (non-hydrogen) atoms. The van der Waals surface area contributed by atoms with Gasteiger partial charge in [-0.05, 0) is 42.5 Å². The maximum absolute atomic E-state index is 12.9. The Morgan fingerprint density at radius 2 is 1.77 bits per heavy atom. The van der Waals surface area contributed by atoms with Gasteiger partial charge in [0, 0.05) is 36.3 Å². The summed E-state index contributed by atoms with van der Waals surface area (Å²) in [6.45, 7) is 1.02. The van der Waals surface area contributed by atoms with Gasteiger partial charge in [0.25, 0.3) is 11.5 Å². The number of amides is 2. The van der Waals surface area contributed by atoms with Crippen LogP contribution in [0.15, 0.2) is 53.3 Å². The molecule has 0 unspecified atom stereocenters. The normalized spacial score (nSPS) is 15.8. The van der Waals surface area contributed by atoms with Crippen molar-refractivity contribution in [1.82, 2.24) is 9.88 Å². The van der Waals surface area contributed by atoms with Crippen LogP contribution in [0.4, 0.5) is 5.69 Å². The van der Waals surface area contributed by atoms with Crippen molar-refractivity contribution >= 4 is 28.4 Å². The number of nitrogens with one attached hydrogen (secondary N) is 2. The molecule has 0 atom stereocenters. The van der Waals surface area contributed by atoms with Crippen LogP contribution in [0.5, 0.6) is 11.5 Å². The molecule has 3 aromatic rings. The summed E-state index contributed by atoms with van der Waals surface area (Å²) < 4.78 is 10.6. The van der Waals surface area contributed by atoms with Crippen LogP contribution in [0.3, 0.4) is 0 Å². The maximum Gasteiger partial charge on any atom is 0.261 e. The molecule has 8 heteroatoms. The quantitative estimate of drug-likeness (QED) is 0.680. The van der Waals surface area contributed by atoms with E-state index in [1.807, 2.05) is 18.2 Å². The number of carbonyl (C=O) groups is 2. The van der Waals surface area contributed by atoms with Crippen molar-refractivity contribution in [3.63, 3.8) is 0 Å². The first-order chi connectivity index (χ1) is 15.1. The molecule has 2 amide bonds. The number of hydrogen-bond donors (Lipinski definition) is 2. The first-order valence-corrected chi connectivity index (χ1v) is 10.2. The third-order valence-corrected chi connectivity index (χ3v) is 5.78. The van der Waals surface area contributed by atoms with Crippen molar-refractivity contribution in [3.8, 4) is 11.5 Å². The molecule has 1 saturated heterocycles. The Kier molecular flexibility index (Phi) is 4.82. The summed E-state index contributed by atoms with van der Waals surface area (Å²) >= 11 is 0. The minimum Gasteiger partial charge on any atom is -0.454 e. The van der Waals surface area contributed by atoms with Crippen LogP contribution in [0.2, 0.25) is 0 Å². The van der Waals surface area contributed by atoms with E-state index in [4.69, 9.17) is 9.47 Å². The minimum absolute atomic E-state index is 0.0884. The number of H-pyrrole nitrogens is 1. The van der Waals surface area contributed by atoms with E-state index in [-0.39, 0.29) is 30.1 Å². The molecule has 2 N–H and O–H groups in total. The topological polar surface area (TPSA) is 101 Å². The molecular formula is C23H21N3O5. The van der Waals surface area contributed by atoms with Crippen LogP contribution < -0.4 is 20.3 Å². The number of benzene rings is 2. The number of carbonyl (C=O) groups excluding carboxylic acids is 2. The standard InChI is InChI=1S/C23H21N3O5/c27-21(24-16-5-6-19-20(12-16)31-13-30-19)14-7-9-26(10-8-14)23(29)17-11-15-3-1-2-4-18(15)25-22(17)28/h1-6,11-12,14H,7-10,13H2,(H,24,27)(H,25,28). The fourth-order valence-electron chi connectivity index (χ4n) is 4.04. The average molecular weight is 419 g/mol. The second kappa shape index (κ2) is 7.79. The third kappa shape index (κ3) is 3.72. The summed E-state index contributed by atoms with van der Waals surface area (Å²) in [5.41, 5.74) is 1.08. The monoisotopic (exact) mass is 419 g/mol. The number of anilines is 1. The van der Waals surface area contributed by atoms with Gasteiger partial charge in [0.2, 0.25) is 12.7 Å². The number of aromatic nitrogens is 1. The summed E-state index contributed by atoms with van der Waals surface area (Å²) in [6, 6.07) is 14.3. The Balaban J connectivity index is 1.23. The van der Waals surface area contributed by atoms with E-state index in [1.165, 1.54) is 0 Å². The van der Waals surface area contributed by atoms with Crippen molar-refractivity contribution in [1.29, 1.82) is 0 Å². The zero-order chi connectivity index (χ0) is 21.4. The molecule has 3 heterocycles. The van der Waals surface area contributed by atoms with Crippen LogP contribution in [-0.4, -0.2) is 41.6 Å². The molecule has 0 radical (unpaired) electrons. The third-order valence-electron chi connectivity index (χ3n) is 5.78. The molecule has 1 fully saturated rings. The highest BCUT2D eigenvalue weighted by atomic mass is 16.7. The average Bonchev–Trinajstić information content (AvgIpc) is 3.26. The summed E-state index contributed by atoms with van der Waals surface area (Å²) in [5.74, 6) is 0.674. The lowest BCUT2D eigenvalue weighted by Gasteiger charge is -2.31. The van der Waals surface area contributed by atoms with Crippen molar-refractivity contribution in [3.05, 3.63) is 64.4 Å². The number of para-hydroxylation sites is 1. The highest BCUT2D eigenvalue weighted by molar-refractivity contribution is 5.97. The highest BCUT2D eigenvalue weighted by Crippen LogP contribution is 2.34. The van der Waals surface area contributed by atoms with Gasteiger partial charge in [-0.2, -0.15) is 0 Å². The van der Waals surface area contributed by atoms with E-state index >= 15 is 0 Å². The number of pyridine rings is 1. The zero-order valence-corrected chi connectivity index (χ0v) is 16.7. The Morgan fingerprint density at radius 3 is 2.61 bits per heavy atom. The van der Waals surface area contributed by atoms with Crippen LogP contribution in [0.25, 0.3) is 10.9 Å². The van der Waals surface area contributed by atoms with Crippen molar-refractivity contribution < 1.29 is 19.1 Å². The van der Waals surface area contributed by atoms with Gasteiger partial charge in [-0.15, -0.1) is 0 Å². The number of likely N-dealkylation sites (tertiary alicyclic amines) is 1. The van der Waals surface area contributed by atoms with E-state index in [0.717, 1.165) is 5.39 Å². The van der Waals surface area contributed by atoms with Gasteiger partial charge in [0.1, 0.15) is 5.56 Å². The molecule has 8 nitrogen and oxygen atoms in total. The maximum atomic E-state index is 12.9. The number of piperidine rings is 1. The molecule has 0 bridgehead atoms. The molecule has 5 rings (SSSR count).